The summed E-state index contributed by atoms with van der Waals surface area (Å²) in [6.45, 7) is 5.32. The molecular formula is C27H28N8O2. The summed E-state index contributed by atoms with van der Waals surface area (Å²) in [4.78, 5) is 19.2. The molecule has 0 spiro atoms. The second-order valence-electron chi connectivity index (χ2n) is 10.4. The van der Waals surface area contributed by atoms with Crippen LogP contribution in [0.4, 0.5) is 5.82 Å². The molecule has 188 valence electrons. The van der Waals surface area contributed by atoms with Crippen LogP contribution >= 0.6 is 0 Å². The Morgan fingerprint density at radius 2 is 1.89 bits per heavy atom. The summed E-state index contributed by atoms with van der Waals surface area (Å²) >= 11 is 0. The number of amides is 1. The minimum absolute atomic E-state index is 0.101. The quantitative estimate of drug-likeness (QED) is 0.419. The molecule has 6 rings (SSSR count). The molecule has 2 N–H and O–H groups in total. The Labute approximate surface area is 214 Å². The molecule has 4 aromatic rings. The van der Waals surface area contributed by atoms with Crippen molar-refractivity contribution in [1.82, 2.24) is 29.7 Å². The van der Waals surface area contributed by atoms with Crippen LogP contribution in [0, 0.1) is 29.1 Å². The van der Waals surface area contributed by atoms with Crippen molar-refractivity contribution in [1.29, 1.82) is 5.26 Å². The van der Waals surface area contributed by atoms with Crippen molar-refractivity contribution in [3.05, 3.63) is 54.7 Å². The molecule has 2 aliphatic rings. The van der Waals surface area contributed by atoms with Crippen LogP contribution in [-0.4, -0.2) is 60.6 Å². The third kappa shape index (κ3) is 4.01. The van der Waals surface area contributed by atoms with Crippen molar-refractivity contribution in [2.75, 3.05) is 18.0 Å². The largest absolute Gasteiger partial charge is 0.383 e. The van der Waals surface area contributed by atoms with Gasteiger partial charge in [-0.2, -0.15) is 15.5 Å². The predicted octanol–water partition coefficient (Wildman–Crippen LogP) is 2.24. The van der Waals surface area contributed by atoms with Crippen LogP contribution in [0.15, 0.2) is 49.2 Å². The summed E-state index contributed by atoms with van der Waals surface area (Å²) in [5.41, 5.74) is 4.94. The zero-order chi connectivity index (χ0) is 25.8. The molecule has 4 aromatic heterocycles. The molecule has 2 fully saturated rings. The topological polar surface area (TPSA) is 124 Å². The van der Waals surface area contributed by atoms with E-state index in [-0.39, 0.29) is 17.9 Å². The third-order valence-corrected chi connectivity index (χ3v) is 7.56. The zero-order valence-electron chi connectivity index (χ0n) is 20.9. The predicted molar refractivity (Wildman–Crippen MR) is 137 cm³/mol. The number of nitriles is 1. The van der Waals surface area contributed by atoms with Gasteiger partial charge in [-0.05, 0) is 24.1 Å². The minimum atomic E-state index is -0.966. The first-order valence-electron chi connectivity index (χ1n) is 12.4. The van der Waals surface area contributed by atoms with Crippen LogP contribution in [0.25, 0.3) is 27.8 Å². The standard InChI is InChI=1S/C27H28N8O2/c1-15(2)26(36)27(37)32-24-21-13-34(14-22(21)24)23-5-4-16(8-29-23)20-6-17(19-10-30-33(3)11-19)12-35-25(20)18(7-28)9-31-35/h4-6,8-12,15,21-22,24,26,36H,13-14H2,1-3H3,(H,32,37)/t21?,22?,24?,26-/m1/s1. The molecule has 0 aromatic carbocycles. The average molecular weight is 497 g/mol. The number of piperidine rings is 1. The van der Waals surface area contributed by atoms with Crippen molar-refractivity contribution in [2.24, 2.45) is 24.8 Å². The number of aryl methyl sites for hydroxylation is 1. The highest BCUT2D eigenvalue weighted by molar-refractivity contribution is 5.87. The van der Waals surface area contributed by atoms with E-state index in [2.05, 4.69) is 32.5 Å². The molecule has 10 nitrogen and oxygen atoms in total. The van der Waals surface area contributed by atoms with E-state index in [1.165, 1.54) is 0 Å². The van der Waals surface area contributed by atoms with Crippen molar-refractivity contribution in [3.63, 3.8) is 0 Å². The van der Waals surface area contributed by atoms with E-state index < -0.39 is 6.10 Å². The molecule has 10 heteroatoms. The van der Waals surface area contributed by atoms with Crippen molar-refractivity contribution >= 4 is 17.2 Å². The highest BCUT2D eigenvalue weighted by Crippen LogP contribution is 2.46. The number of carbonyl (C=O) groups is 1. The lowest BCUT2D eigenvalue weighted by Gasteiger charge is -2.22. The van der Waals surface area contributed by atoms with E-state index in [4.69, 9.17) is 4.98 Å². The average Bonchev–Trinajstić information content (AvgIpc) is 3.36. The lowest BCUT2D eigenvalue weighted by Crippen LogP contribution is -2.42. The Morgan fingerprint density at radius 3 is 2.51 bits per heavy atom. The third-order valence-electron chi connectivity index (χ3n) is 7.56. The molecule has 3 atom stereocenters. The summed E-state index contributed by atoms with van der Waals surface area (Å²) in [5, 5.41) is 31.3. The number of nitrogens with zero attached hydrogens (tertiary/aromatic N) is 7. The van der Waals surface area contributed by atoms with E-state index in [1.54, 1.807) is 21.6 Å². The first-order valence-corrected chi connectivity index (χ1v) is 12.4. The maximum atomic E-state index is 12.2. The molecular weight excluding hydrogens is 468 g/mol. The fourth-order valence-corrected chi connectivity index (χ4v) is 5.36. The van der Waals surface area contributed by atoms with Crippen LogP contribution in [0.2, 0.25) is 0 Å². The Kier molecular flexibility index (Phi) is 5.46. The summed E-state index contributed by atoms with van der Waals surface area (Å²) in [6, 6.07) is 8.46. The van der Waals surface area contributed by atoms with Gasteiger partial charge in [0.25, 0.3) is 0 Å². The van der Waals surface area contributed by atoms with Gasteiger partial charge in [0.05, 0.1) is 23.5 Å². The highest BCUT2D eigenvalue weighted by Gasteiger charge is 2.57. The van der Waals surface area contributed by atoms with Gasteiger partial charge in [0, 0.05) is 78.9 Å². The summed E-state index contributed by atoms with van der Waals surface area (Å²) in [7, 11) is 1.88. The number of rotatable bonds is 6. The molecule has 1 amide bonds. The first-order chi connectivity index (χ1) is 17.8. The van der Waals surface area contributed by atoms with Gasteiger partial charge in [-0.1, -0.05) is 13.8 Å². The Bertz CT molecular complexity index is 1520. The van der Waals surface area contributed by atoms with E-state index in [0.717, 1.165) is 46.7 Å². The Morgan fingerprint density at radius 1 is 1.11 bits per heavy atom. The monoisotopic (exact) mass is 496 g/mol. The van der Waals surface area contributed by atoms with Crippen molar-refractivity contribution in [3.8, 4) is 28.3 Å². The molecule has 0 radical (unpaired) electrons. The van der Waals surface area contributed by atoms with E-state index in [0.29, 0.717) is 17.4 Å². The number of carbonyl (C=O) groups excluding carboxylic acids is 1. The van der Waals surface area contributed by atoms with Gasteiger partial charge in [0.1, 0.15) is 18.0 Å². The molecule has 37 heavy (non-hydrogen) atoms. The summed E-state index contributed by atoms with van der Waals surface area (Å²) < 4.78 is 3.49. The zero-order valence-corrected chi connectivity index (χ0v) is 20.9. The van der Waals surface area contributed by atoms with Gasteiger partial charge in [-0.15, -0.1) is 0 Å². The number of aliphatic hydroxyl groups excluding tert-OH is 1. The fourth-order valence-electron chi connectivity index (χ4n) is 5.36. The van der Waals surface area contributed by atoms with E-state index in [9.17, 15) is 15.2 Å². The summed E-state index contributed by atoms with van der Waals surface area (Å²) in [6.07, 6.45) is 8.11. The minimum Gasteiger partial charge on any atom is -0.383 e. The Hall–Kier alpha value is -4.23. The van der Waals surface area contributed by atoms with Crippen molar-refractivity contribution < 1.29 is 9.90 Å². The fraction of sp³-hybridized carbons (Fsp3) is 0.370. The Balaban J connectivity index is 1.22. The maximum absolute atomic E-state index is 12.2. The van der Waals surface area contributed by atoms with Gasteiger partial charge < -0.3 is 15.3 Å². The lowest BCUT2D eigenvalue weighted by atomic mass is 10.0. The van der Waals surface area contributed by atoms with Gasteiger partial charge >= 0.3 is 0 Å². The van der Waals surface area contributed by atoms with Crippen LogP contribution < -0.4 is 10.2 Å². The number of aromatic nitrogens is 5. The van der Waals surface area contributed by atoms with Crippen LogP contribution in [0.3, 0.4) is 0 Å². The SMILES string of the molecule is CC(C)[C@@H](O)C(=O)NC1C2CN(c3ccc(-c4cc(-c5cnn(C)c5)cn5ncc(C#N)c45)cn3)CC21. The lowest BCUT2D eigenvalue weighted by molar-refractivity contribution is -0.131. The number of hydrogen-bond donors (Lipinski definition) is 2. The van der Waals surface area contributed by atoms with Gasteiger partial charge in [-0.3, -0.25) is 9.48 Å². The number of nitrogens with one attached hydrogen (secondary N) is 1. The maximum Gasteiger partial charge on any atom is 0.249 e. The molecule has 0 bridgehead atoms. The molecule has 5 heterocycles. The normalized spacial score (nSPS) is 21.2. The van der Waals surface area contributed by atoms with Crippen LogP contribution in [0.1, 0.15) is 19.4 Å². The van der Waals surface area contributed by atoms with E-state index >= 15 is 0 Å². The van der Waals surface area contributed by atoms with Gasteiger partial charge in [-0.25, -0.2) is 9.50 Å². The second kappa shape index (κ2) is 8.71. The summed E-state index contributed by atoms with van der Waals surface area (Å²) in [5.74, 6) is 1.27. The van der Waals surface area contributed by atoms with Crippen LogP contribution in [-0.2, 0) is 11.8 Å². The highest BCUT2D eigenvalue weighted by atomic mass is 16.3. The number of anilines is 1. The number of pyridine rings is 2. The number of hydrogen-bond acceptors (Lipinski definition) is 7. The van der Waals surface area contributed by atoms with Gasteiger partial charge in [0.15, 0.2) is 0 Å². The molecule has 1 aliphatic heterocycles. The van der Waals surface area contributed by atoms with E-state index in [1.807, 2.05) is 51.6 Å². The van der Waals surface area contributed by atoms with Crippen LogP contribution in [0.5, 0.6) is 0 Å². The molecule has 2 unspecified atom stereocenters. The molecule has 1 aliphatic carbocycles. The molecule has 1 saturated carbocycles. The van der Waals surface area contributed by atoms with Gasteiger partial charge in [0.2, 0.25) is 5.91 Å². The number of aliphatic hydroxyl groups is 1. The number of fused-ring (bicyclic) bond motifs is 2. The smallest absolute Gasteiger partial charge is 0.249 e. The molecule has 1 saturated heterocycles. The second-order valence-corrected chi connectivity index (χ2v) is 10.4. The first kappa shape index (κ1) is 23.2. The van der Waals surface area contributed by atoms with Crippen molar-refractivity contribution in [2.45, 2.75) is 26.0 Å².